The molecule has 0 atom stereocenters. The number of rotatable bonds is 7. The van der Waals surface area contributed by atoms with Crippen LogP contribution in [-0.4, -0.2) is 22.0 Å². The Morgan fingerprint density at radius 3 is 2.45 bits per heavy atom. The summed E-state index contributed by atoms with van der Waals surface area (Å²) in [6, 6.07) is 1.91. The maximum absolute atomic E-state index is 14.1. The van der Waals surface area contributed by atoms with Crippen molar-refractivity contribution in [2.45, 2.75) is 31.7 Å². The SMILES string of the molecule is CNCc1c(F)ccc(S(=O)(=O)NCCC(C)C)c1F. The molecule has 0 fully saturated rings. The number of hydrogen-bond donors (Lipinski definition) is 2. The van der Waals surface area contributed by atoms with Crippen molar-refractivity contribution in [2.75, 3.05) is 13.6 Å². The lowest BCUT2D eigenvalue weighted by Gasteiger charge is -2.12. The number of halogens is 2. The molecule has 0 aliphatic carbocycles. The molecule has 0 heterocycles. The second kappa shape index (κ2) is 7.10. The van der Waals surface area contributed by atoms with E-state index in [1.165, 1.54) is 7.05 Å². The average molecular weight is 306 g/mol. The molecule has 0 saturated heterocycles. The average Bonchev–Trinajstić information content (AvgIpc) is 2.33. The van der Waals surface area contributed by atoms with Gasteiger partial charge in [-0.05, 0) is 31.5 Å². The molecule has 1 aromatic carbocycles. The minimum Gasteiger partial charge on any atom is -0.315 e. The van der Waals surface area contributed by atoms with Crippen molar-refractivity contribution in [1.29, 1.82) is 0 Å². The predicted molar refractivity (Wildman–Crippen MR) is 73.8 cm³/mol. The molecule has 20 heavy (non-hydrogen) atoms. The number of sulfonamides is 1. The van der Waals surface area contributed by atoms with Gasteiger partial charge in [-0.15, -0.1) is 0 Å². The second-order valence-electron chi connectivity index (χ2n) is 4.95. The molecule has 7 heteroatoms. The third-order valence-corrected chi connectivity index (χ3v) is 4.29. The van der Waals surface area contributed by atoms with Crippen LogP contribution in [0.4, 0.5) is 8.78 Å². The Balaban J connectivity index is 3.03. The predicted octanol–water partition coefficient (Wildman–Crippen LogP) is 2.01. The van der Waals surface area contributed by atoms with Crippen LogP contribution in [0.25, 0.3) is 0 Å². The highest BCUT2D eigenvalue weighted by Gasteiger charge is 2.23. The summed E-state index contributed by atoms with van der Waals surface area (Å²) < 4.78 is 53.9. The van der Waals surface area contributed by atoms with Crippen molar-refractivity contribution in [1.82, 2.24) is 10.0 Å². The van der Waals surface area contributed by atoms with Gasteiger partial charge in [-0.3, -0.25) is 0 Å². The molecule has 0 amide bonds. The Hall–Kier alpha value is -1.05. The van der Waals surface area contributed by atoms with Crippen LogP contribution in [0.15, 0.2) is 17.0 Å². The third-order valence-electron chi connectivity index (χ3n) is 2.81. The van der Waals surface area contributed by atoms with Gasteiger partial charge in [0, 0.05) is 18.7 Å². The van der Waals surface area contributed by atoms with E-state index < -0.39 is 26.6 Å². The largest absolute Gasteiger partial charge is 0.315 e. The summed E-state index contributed by atoms with van der Waals surface area (Å²) in [6.07, 6.45) is 0.644. The maximum Gasteiger partial charge on any atom is 0.243 e. The van der Waals surface area contributed by atoms with Crippen molar-refractivity contribution in [3.63, 3.8) is 0 Å². The van der Waals surface area contributed by atoms with Gasteiger partial charge in [-0.2, -0.15) is 0 Å². The third kappa shape index (κ3) is 4.22. The first-order valence-corrected chi connectivity index (χ1v) is 7.89. The van der Waals surface area contributed by atoms with E-state index >= 15 is 0 Å². The summed E-state index contributed by atoms with van der Waals surface area (Å²) in [4.78, 5) is -0.520. The Morgan fingerprint density at radius 1 is 1.25 bits per heavy atom. The van der Waals surface area contributed by atoms with Gasteiger partial charge < -0.3 is 5.32 Å². The Kier molecular flexibility index (Phi) is 6.04. The summed E-state index contributed by atoms with van der Waals surface area (Å²) in [5, 5.41) is 2.61. The highest BCUT2D eigenvalue weighted by molar-refractivity contribution is 7.89. The van der Waals surface area contributed by atoms with Gasteiger partial charge in [0.25, 0.3) is 0 Å². The highest BCUT2D eigenvalue weighted by Crippen LogP contribution is 2.21. The van der Waals surface area contributed by atoms with E-state index in [0.29, 0.717) is 12.3 Å². The van der Waals surface area contributed by atoms with Crippen molar-refractivity contribution in [3.05, 3.63) is 29.3 Å². The molecule has 4 nitrogen and oxygen atoms in total. The lowest BCUT2D eigenvalue weighted by atomic mass is 10.1. The minimum atomic E-state index is -3.96. The normalized spacial score (nSPS) is 12.1. The van der Waals surface area contributed by atoms with Gasteiger partial charge in [0.2, 0.25) is 10.0 Å². The van der Waals surface area contributed by atoms with E-state index in [-0.39, 0.29) is 18.7 Å². The molecule has 2 N–H and O–H groups in total. The number of nitrogens with one attached hydrogen (secondary N) is 2. The first kappa shape index (κ1) is 17.0. The van der Waals surface area contributed by atoms with Crippen LogP contribution in [-0.2, 0) is 16.6 Å². The van der Waals surface area contributed by atoms with E-state index in [0.717, 1.165) is 12.1 Å². The van der Waals surface area contributed by atoms with Gasteiger partial charge in [-0.1, -0.05) is 13.8 Å². The van der Waals surface area contributed by atoms with E-state index in [4.69, 9.17) is 0 Å². The summed E-state index contributed by atoms with van der Waals surface area (Å²) in [5.74, 6) is -1.48. The zero-order chi connectivity index (χ0) is 15.3. The van der Waals surface area contributed by atoms with Gasteiger partial charge in [0.05, 0.1) is 0 Å². The lowest BCUT2D eigenvalue weighted by molar-refractivity contribution is 0.514. The fraction of sp³-hybridized carbons (Fsp3) is 0.538. The molecule has 0 saturated carbocycles. The maximum atomic E-state index is 14.1. The summed E-state index contributed by atoms with van der Waals surface area (Å²) in [6.45, 7) is 4.06. The first-order chi connectivity index (χ1) is 9.29. The van der Waals surface area contributed by atoms with Gasteiger partial charge >= 0.3 is 0 Å². The first-order valence-electron chi connectivity index (χ1n) is 6.40. The molecular weight excluding hydrogens is 286 g/mol. The van der Waals surface area contributed by atoms with Crippen LogP contribution in [0, 0.1) is 17.6 Å². The smallest absolute Gasteiger partial charge is 0.243 e. The molecule has 0 aromatic heterocycles. The van der Waals surface area contributed by atoms with E-state index in [2.05, 4.69) is 10.0 Å². The van der Waals surface area contributed by atoms with E-state index in [1.54, 1.807) is 0 Å². The van der Waals surface area contributed by atoms with Crippen LogP contribution in [0.5, 0.6) is 0 Å². The van der Waals surface area contributed by atoms with Crippen molar-refractivity contribution in [2.24, 2.45) is 5.92 Å². The fourth-order valence-electron chi connectivity index (χ4n) is 1.68. The number of benzene rings is 1. The monoisotopic (exact) mass is 306 g/mol. The standard InChI is InChI=1S/C13H20F2N2O2S/c1-9(2)6-7-17-20(18,19)12-5-4-11(14)10(8-16-3)13(12)15/h4-5,9,16-17H,6-8H2,1-3H3. The van der Waals surface area contributed by atoms with Crippen LogP contribution in [0.3, 0.4) is 0 Å². The highest BCUT2D eigenvalue weighted by atomic mass is 32.2. The van der Waals surface area contributed by atoms with Gasteiger partial charge in [0.15, 0.2) is 5.82 Å². The molecular formula is C13H20F2N2O2S. The zero-order valence-corrected chi connectivity index (χ0v) is 12.7. The van der Waals surface area contributed by atoms with Gasteiger partial charge in [-0.25, -0.2) is 21.9 Å². The second-order valence-corrected chi connectivity index (χ2v) is 6.68. The molecule has 0 aliphatic rings. The molecule has 0 unspecified atom stereocenters. The van der Waals surface area contributed by atoms with Crippen LogP contribution in [0.2, 0.25) is 0 Å². The molecule has 1 aromatic rings. The van der Waals surface area contributed by atoms with Crippen LogP contribution >= 0.6 is 0 Å². The molecule has 114 valence electrons. The van der Waals surface area contributed by atoms with Gasteiger partial charge in [0.1, 0.15) is 10.7 Å². The molecule has 0 bridgehead atoms. The fourth-order valence-corrected chi connectivity index (χ4v) is 2.83. The lowest BCUT2D eigenvalue weighted by Crippen LogP contribution is -2.27. The van der Waals surface area contributed by atoms with Crippen molar-refractivity contribution in [3.8, 4) is 0 Å². The van der Waals surface area contributed by atoms with Crippen LogP contribution in [0.1, 0.15) is 25.8 Å². The Labute approximate surface area is 118 Å². The van der Waals surface area contributed by atoms with Crippen molar-refractivity contribution >= 4 is 10.0 Å². The van der Waals surface area contributed by atoms with E-state index in [9.17, 15) is 17.2 Å². The molecule has 0 spiro atoms. The van der Waals surface area contributed by atoms with Crippen LogP contribution < -0.4 is 10.0 Å². The number of hydrogen-bond acceptors (Lipinski definition) is 3. The summed E-state index contributed by atoms with van der Waals surface area (Å²) >= 11 is 0. The Bertz CT molecular complexity index is 560. The van der Waals surface area contributed by atoms with E-state index in [1.807, 2.05) is 13.8 Å². The van der Waals surface area contributed by atoms with Crippen molar-refractivity contribution < 1.29 is 17.2 Å². The zero-order valence-electron chi connectivity index (χ0n) is 11.8. The summed E-state index contributed by atoms with van der Waals surface area (Å²) in [7, 11) is -2.43. The Morgan fingerprint density at radius 2 is 1.90 bits per heavy atom. The molecule has 1 rings (SSSR count). The quantitative estimate of drug-likeness (QED) is 0.810. The summed E-state index contributed by atoms with van der Waals surface area (Å²) in [5.41, 5.74) is -0.278. The minimum absolute atomic E-state index is 0.0764. The topological polar surface area (TPSA) is 58.2 Å². The molecule has 0 aliphatic heterocycles. The molecule has 0 radical (unpaired) electrons.